The van der Waals surface area contributed by atoms with Crippen LogP contribution in [-0.2, 0) is 9.59 Å². The minimum Gasteiger partial charge on any atom is -0.323 e. The quantitative estimate of drug-likeness (QED) is 0.587. The minimum atomic E-state index is -0.889. The van der Waals surface area contributed by atoms with E-state index in [0.717, 1.165) is 17.7 Å². The van der Waals surface area contributed by atoms with Crippen molar-refractivity contribution in [2.24, 2.45) is 5.92 Å². The van der Waals surface area contributed by atoms with Crippen LogP contribution >= 0.6 is 11.3 Å². The molecule has 2 aliphatic rings. The Morgan fingerprint density at radius 3 is 2.72 bits per heavy atom. The number of nitrogens with one attached hydrogen (secondary N) is 2. The topological polar surface area (TPSA) is 95.8 Å². The number of amides is 4. The van der Waals surface area contributed by atoms with Gasteiger partial charge in [0.05, 0.1) is 0 Å². The average molecular weight is 456 g/mol. The molecular formula is C22H22FN5O3S. The Morgan fingerprint density at radius 2 is 2.00 bits per heavy atom. The zero-order valence-electron chi connectivity index (χ0n) is 17.4. The Kier molecular flexibility index (Phi) is 4.96. The first kappa shape index (κ1) is 20.6. The second-order valence-corrected chi connectivity index (χ2v) is 9.38. The number of benzene rings is 1. The van der Waals surface area contributed by atoms with Crippen LogP contribution in [0, 0.1) is 11.7 Å². The highest BCUT2D eigenvalue weighted by Gasteiger charge is 2.52. The molecule has 8 nitrogen and oxygen atoms in total. The van der Waals surface area contributed by atoms with Gasteiger partial charge >= 0.3 is 6.03 Å². The maximum Gasteiger partial charge on any atom is 0.325 e. The molecule has 10 heteroatoms. The summed E-state index contributed by atoms with van der Waals surface area (Å²) < 4.78 is 15.1. The number of urea groups is 1. The third-order valence-corrected chi connectivity index (χ3v) is 7.07. The van der Waals surface area contributed by atoms with Gasteiger partial charge in [0, 0.05) is 17.1 Å². The highest BCUT2D eigenvalue weighted by molar-refractivity contribution is 7.15. The first-order valence-corrected chi connectivity index (χ1v) is 11.4. The van der Waals surface area contributed by atoms with Crippen LogP contribution in [0.2, 0.25) is 0 Å². The fourth-order valence-electron chi connectivity index (χ4n) is 4.44. The first-order chi connectivity index (χ1) is 15.4. The molecule has 4 amide bonds. The van der Waals surface area contributed by atoms with E-state index in [1.54, 1.807) is 22.7 Å². The lowest BCUT2D eigenvalue weighted by molar-refractivity contribution is -0.135. The number of hydrogen-bond donors (Lipinski definition) is 2. The van der Waals surface area contributed by atoms with E-state index in [4.69, 9.17) is 0 Å². The van der Waals surface area contributed by atoms with Crippen molar-refractivity contribution >= 4 is 40.0 Å². The van der Waals surface area contributed by atoms with Gasteiger partial charge < -0.3 is 10.6 Å². The Morgan fingerprint density at radius 1 is 1.28 bits per heavy atom. The summed E-state index contributed by atoms with van der Waals surface area (Å²) in [5, 5.41) is 7.46. The van der Waals surface area contributed by atoms with Crippen molar-refractivity contribution in [2.75, 3.05) is 11.9 Å². The molecule has 0 bridgehead atoms. The largest absolute Gasteiger partial charge is 0.325 e. The Bertz CT molecular complexity index is 1210. The van der Waals surface area contributed by atoms with Crippen molar-refractivity contribution in [3.05, 3.63) is 41.7 Å². The predicted molar refractivity (Wildman–Crippen MR) is 118 cm³/mol. The van der Waals surface area contributed by atoms with E-state index >= 15 is 0 Å². The van der Waals surface area contributed by atoms with E-state index in [9.17, 15) is 18.8 Å². The van der Waals surface area contributed by atoms with Crippen LogP contribution in [0.5, 0.6) is 0 Å². The molecule has 3 heterocycles. The Hall–Kier alpha value is -3.27. The molecule has 166 valence electrons. The van der Waals surface area contributed by atoms with Gasteiger partial charge in [-0.05, 0) is 55.9 Å². The molecule has 2 aromatic heterocycles. The molecule has 0 unspecified atom stereocenters. The molecule has 2 N–H and O–H groups in total. The maximum atomic E-state index is 13.4. The molecule has 1 spiro atoms. The van der Waals surface area contributed by atoms with E-state index in [2.05, 4.69) is 22.5 Å². The number of aromatic nitrogens is 2. The number of nitrogens with zero attached hydrogens (tertiary/aromatic N) is 3. The number of thiazole rings is 1. The van der Waals surface area contributed by atoms with Crippen molar-refractivity contribution in [3.8, 4) is 11.3 Å². The molecule has 3 aromatic rings. The third kappa shape index (κ3) is 3.44. The van der Waals surface area contributed by atoms with Crippen LogP contribution in [0.15, 0.2) is 35.8 Å². The predicted octanol–water partition coefficient (Wildman–Crippen LogP) is 3.64. The van der Waals surface area contributed by atoms with Crippen molar-refractivity contribution < 1.29 is 18.8 Å². The lowest BCUT2D eigenvalue weighted by Gasteiger charge is -2.33. The minimum absolute atomic E-state index is 0.336. The van der Waals surface area contributed by atoms with Crippen molar-refractivity contribution in [1.82, 2.24) is 19.6 Å². The van der Waals surface area contributed by atoms with Gasteiger partial charge in [0.25, 0.3) is 5.91 Å². The molecule has 0 atom stereocenters. The fraction of sp³-hybridized carbons (Fsp3) is 0.364. The molecule has 1 saturated heterocycles. The number of anilines is 1. The zero-order chi connectivity index (χ0) is 22.5. The molecule has 5 rings (SSSR count). The standard InChI is InChI=1S/C22H22FN5O3S/c1-13-6-8-22(9-7-13)19(30)28(20(31)26-22)12-16(29)24-18-17(14-2-4-15(23)5-3-14)25-21-27(18)10-11-32-21/h2-5,10-11,13H,6-9,12H2,1H3,(H,24,29)(H,26,31). The molecule has 1 aliphatic heterocycles. The zero-order valence-corrected chi connectivity index (χ0v) is 18.2. The number of carbonyl (C=O) groups is 3. The maximum absolute atomic E-state index is 13.4. The molecule has 32 heavy (non-hydrogen) atoms. The number of imidazole rings is 1. The van der Waals surface area contributed by atoms with Gasteiger partial charge in [-0.25, -0.2) is 14.2 Å². The normalized spacial score (nSPS) is 23.2. The summed E-state index contributed by atoms with van der Waals surface area (Å²) in [7, 11) is 0. The number of carbonyl (C=O) groups excluding carboxylic acids is 3. The van der Waals surface area contributed by atoms with Gasteiger partial charge in [-0.3, -0.25) is 18.9 Å². The summed E-state index contributed by atoms with van der Waals surface area (Å²) >= 11 is 1.39. The van der Waals surface area contributed by atoms with Crippen LogP contribution in [-0.4, -0.2) is 44.2 Å². The lowest BCUT2D eigenvalue weighted by atomic mass is 9.77. The van der Waals surface area contributed by atoms with Gasteiger partial charge in [-0.15, -0.1) is 11.3 Å². The molecular weight excluding hydrogens is 433 g/mol. The van der Waals surface area contributed by atoms with Gasteiger partial charge in [-0.1, -0.05) is 6.92 Å². The SMILES string of the molecule is CC1CCC2(CC1)NC(=O)N(CC(=O)Nc1c(-c3ccc(F)cc3)nc3sccn13)C2=O. The number of imide groups is 1. The Balaban J connectivity index is 1.37. The van der Waals surface area contributed by atoms with Crippen LogP contribution in [0.4, 0.5) is 15.0 Å². The number of halogens is 1. The second kappa shape index (κ2) is 7.70. The lowest BCUT2D eigenvalue weighted by Crippen LogP contribution is -2.49. The van der Waals surface area contributed by atoms with Crippen molar-refractivity contribution in [3.63, 3.8) is 0 Å². The van der Waals surface area contributed by atoms with Gasteiger partial charge in [-0.2, -0.15) is 0 Å². The molecule has 1 aromatic carbocycles. The smallest absolute Gasteiger partial charge is 0.323 e. The highest BCUT2D eigenvalue weighted by Crippen LogP contribution is 2.36. The summed E-state index contributed by atoms with van der Waals surface area (Å²) in [6.07, 6.45) is 4.66. The summed E-state index contributed by atoms with van der Waals surface area (Å²) in [4.78, 5) is 44.7. The summed E-state index contributed by atoms with van der Waals surface area (Å²) in [6.45, 7) is 1.75. The number of rotatable bonds is 4. The van der Waals surface area contributed by atoms with Gasteiger partial charge in [0.15, 0.2) is 4.96 Å². The van der Waals surface area contributed by atoms with E-state index in [1.807, 2.05) is 5.38 Å². The molecule has 1 saturated carbocycles. The molecule has 1 aliphatic carbocycles. The van der Waals surface area contributed by atoms with E-state index in [0.29, 0.717) is 40.8 Å². The Labute approximate surface area is 187 Å². The van der Waals surface area contributed by atoms with Crippen LogP contribution < -0.4 is 10.6 Å². The molecule has 0 radical (unpaired) electrons. The second-order valence-electron chi connectivity index (χ2n) is 8.51. The van der Waals surface area contributed by atoms with Crippen molar-refractivity contribution in [2.45, 2.75) is 38.1 Å². The van der Waals surface area contributed by atoms with Gasteiger partial charge in [0.1, 0.15) is 29.4 Å². The number of hydrogen-bond acceptors (Lipinski definition) is 5. The molecule has 2 fully saturated rings. The van der Waals surface area contributed by atoms with E-state index in [-0.39, 0.29) is 18.3 Å². The van der Waals surface area contributed by atoms with Crippen LogP contribution in [0.1, 0.15) is 32.6 Å². The van der Waals surface area contributed by atoms with Gasteiger partial charge in [0.2, 0.25) is 5.91 Å². The average Bonchev–Trinajstić information content (AvgIpc) is 3.42. The first-order valence-electron chi connectivity index (χ1n) is 10.5. The summed E-state index contributed by atoms with van der Waals surface area (Å²) in [5.74, 6) is -0.290. The third-order valence-electron chi connectivity index (χ3n) is 6.31. The highest BCUT2D eigenvalue weighted by atomic mass is 32.1. The van der Waals surface area contributed by atoms with Crippen LogP contribution in [0.3, 0.4) is 0 Å². The monoisotopic (exact) mass is 455 g/mol. The summed E-state index contributed by atoms with van der Waals surface area (Å²) in [6, 6.07) is 5.29. The van der Waals surface area contributed by atoms with E-state index in [1.165, 1.54) is 23.5 Å². The number of fused-ring (bicyclic) bond motifs is 1. The summed E-state index contributed by atoms with van der Waals surface area (Å²) in [5.41, 5.74) is 0.239. The van der Waals surface area contributed by atoms with E-state index < -0.39 is 17.5 Å². The fourth-order valence-corrected chi connectivity index (χ4v) is 5.16. The van der Waals surface area contributed by atoms with Crippen LogP contribution in [0.25, 0.3) is 16.2 Å². The van der Waals surface area contributed by atoms with Crippen molar-refractivity contribution in [1.29, 1.82) is 0 Å².